The van der Waals surface area contributed by atoms with E-state index in [4.69, 9.17) is 5.11 Å². The minimum Gasteiger partial charge on any atom is -0.481 e. The van der Waals surface area contributed by atoms with Crippen LogP contribution in [0.1, 0.15) is 39.0 Å². The summed E-state index contributed by atoms with van der Waals surface area (Å²) >= 11 is 1.92. The van der Waals surface area contributed by atoms with Crippen LogP contribution in [0.5, 0.6) is 0 Å². The Morgan fingerprint density at radius 2 is 2.05 bits per heavy atom. The van der Waals surface area contributed by atoms with Gasteiger partial charge in [0.1, 0.15) is 0 Å². The third-order valence-electron chi connectivity index (χ3n) is 4.22. The van der Waals surface area contributed by atoms with E-state index in [-0.39, 0.29) is 12.1 Å². The lowest BCUT2D eigenvalue weighted by Gasteiger charge is -2.33. The van der Waals surface area contributed by atoms with Gasteiger partial charge in [-0.2, -0.15) is 11.8 Å². The predicted octanol–water partition coefficient (Wildman–Crippen LogP) is 2.17. The summed E-state index contributed by atoms with van der Waals surface area (Å²) in [6.07, 6.45) is 5.19. The second-order valence-corrected chi connectivity index (χ2v) is 7.12. The van der Waals surface area contributed by atoms with Crippen molar-refractivity contribution in [2.75, 3.05) is 18.8 Å². The summed E-state index contributed by atoms with van der Waals surface area (Å²) < 4.78 is 0. The Labute approximate surface area is 124 Å². The first-order valence-electron chi connectivity index (χ1n) is 7.51. The Bertz CT molecular complexity index is 362. The number of hydrogen-bond donors (Lipinski definition) is 2. The molecule has 6 heteroatoms. The van der Waals surface area contributed by atoms with Crippen LogP contribution in [0.15, 0.2) is 0 Å². The number of likely N-dealkylation sites (tertiary alicyclic amines) is 1. The number of nitrogens with zero attached hydrogens (tertiary/aromatic N) is 1. The third kappa shape index (κ3) is 3.81. The molecule has 2 rings (SSSR count). The standard InChI is InChI=1S/C14H24N2O3S/c1-2-20-12-6-4-3-5-11(12)15-14(19)16-8-7-10(9-16)13(17)18/h10-12H,2-9H2,1H3,(H,15,19)(H,17,18). The molecule has 1 heterocycles. The molecule has 5 nitrogen and oxygen atoms in total. The maximum absolute atomic E-state index is 12.2. The Hall–Kier alpha value is -0.910. The van der Waals surface area contributed by atoms with Crippen molar-refractivity contribution >= 4 is 23.8 Å². The molecule has 2 fully saturated rings. The Kier molecular flexibility index (Phi) is 5.57. The molecule has 0 aromatic carbocycles. The zero-order valence-corrected chi connectivity index (χ0v) is 12.8. The maximum atomic E-state index is 12.2. The van der Waals surface area contributed by atoms with Crippen LogP contribution >= 0.6 is 11.8 Å². The molecule has 1 aliphatic heterocycles. The maximum Gasteiger partial charge on any atom is 0.317 e. The third-order valence-corrected chi connectivity index (χ3v) is 5.54. The van der Waals surface area contributed by atoms with Crippen LogP contribution in [0.2, 0.25) is 0 Å². The molecule has 1 saturated carbocycles. The van der Waals surface area contributed by atoms with Gasteiger partial charge >= 0.3 is 12.0 Å². The van der Waals surface area contributed by atoms with E-state index in [0.717, 1.165) is 12.2 Å². The highest BCUT2D eigenvalue weighted by Gasteiger charge is 2.33. The average Bonchev–Trinajstić information content (AvgIpc) is 2.91. The van der Waals surface area contributed by atoms with Crippen LogP contribution in [0.25, 0.3) is 0 Å². The van der Waals surface area contributed by atoms with Crippen molar-refractivity contribution < 1.29 is 14.7 Å². The number of hydrogen-bond acceptors (Lipinski definition) is 3. The molecule has 3 atom stereocenters. The summed E-state index contributed by atoms with van der Waals surface area (Å²) in [7, 11) is 0. The van der Waals surface area contributed by atoms with Crippen molar-refractivity contribution in [2.24, 2.45) is 5.92 Å². The van der Waals surface area contributed by atoms with Gasteiger partial charge in [0.25, 0.3) is 0 Å². The van der Waals surface area contributed by atoms with Gasteiger partial charge in [-0.3, -0.25) is 4.79 Å². The van der Waals surface area contributed by atoms with Gasteiger partial charge in [-0.05, 0) is 25.0 Å². The zero-order valence-electron chi connectivity index (χ0n) is 12.0. The van der Waals surface area contributed by atoms with E-state index in [1.165, 1.54) is 19.3 Å². The van der Waals surface area contributed by atoms with E-state index in [0.29, 0.717) is 24.8 Å². The second kappa shape index (κ2) is 7.20. The van der Waals surface area contributed by atoms with Crippen LogP contribution < -0.4 is 5.32 Å². The number of thioether (sulfide) groups is 1. The summed E-state index contributed by atoms with van der Waals surface area (Å²) in [6, 6.07) is 0.160. The Morgan fingerprint density at radius 3 is 2.70 bits per heavy atom. The van der Waals surface area contributed by atoms with Gasteiger partial charge in [-0.25, -0.2) is 4.79 Å². The molecule has 2 N–H and O–H groups in total. The van der Waals surface area contributed by atoms with E-state index in [1.807, 2.05) is 11.8 Å². The molecule has 0 aromatic heterocycles. The molecule has 114 valence electrons. The van der Waals surface area contributed by atoms with Gasteiger partial charge in [0.15, 0.2) is 0 Å². The van der Waals surface area contributed by atoms with Crippen LogP contribution in [0.4, 0.5) is 4.79 Å². The number of amides is 2. The minimum atomic E-state index is -0.794. The monoisotopic (exact) mass is 300 g/mol. The molecule has 0 spiro atoms. The largest absolute Gasteiger partial charge is 0.481 e. The van der Waals surface area contributed by atoms with Gasteiger partial charge < -0.3 is 15.3 Å². The van der Waals surface area contributed by atoms with E-state index >= 15 is 0 Å². The van der Waals surface area contributed by atoms with Crippen LogP contribution in [-0.2, 0) is 4.79 Å². The van der Waals surface area contributed by atoms with Gasteiger partial charge in [0, 0.05) is 24.4 Å². The first-order valence-corrected chi connectivity index (χ1v) is 8.56. The molecule has 0 aromatic rings. The molecule has 1 saturated heterocycles. The topological polar surface area (TPSA) is 69.6 Å². The van der Waals surface area contributed by atoms with Crippen molar-refractivity contribution in [2.45, 2.75) is 50.3 Å². The van der Waals surface area contributed by atoms with Crippen LogP contribution in [-0.4, -0.2) is 52.1 Å². The van der Waals surface area contributed by atoms with Gasteiger partial charge in [0.05, 0.1) is 5.92 Å². The van der Waals surface area contributed by atoms with Gasteiger partial charge in [-0.1, -0.05) is 19.8 Å². The first-order chi connectivity index (χ1) is 9.61. The van der Waals surface area contributed by atoms with Crippen molar-refractivity contribution in [1.29, 1.82) is 0 Å². The van der Waals surface area contributed by atoms with Crippen molar-refractivity contribution in [1.82, 2.24) is 10.2 Å². The molecule has 0 bridgehead atoms. The lowest BCUT2D eigenvalue weighted by Crippen LogP contribution is -2.49. The molecule has 2 aliphatic rings. The predicted molar refractivity (Wildman–Crippen MR) is 80.0 cm³/mol. The number of carboxylic acids is 1. The summed E-state index contributed by atoms with van der Waals surface area (Å²) in [5, 5.41) is 12.6. The quantitative estimate of drug-likeness (QED) is 0.835. The van der Waals surface area contributed by atoms with Crippen LogP contribution in [0, 0.1) is 5.92 Å². The molecule has 1 aliphatic carbocycles. The van der Waals surface area contributed by atoms with E-state index < -0.39 is 11.9 Å². The fourth-order valence-electron chi connectivity index (χ4n) is 3.07. The van der Waals surface area contributed by atoms with Crippen molar-refractivity contribution in [3.05, 3.63) is 0 Å². The molecule has 20 heavy (non-hydrogen) atoms. The molecular weight excluding hydrogens is 276 g/mol. The number of aliphatic carboxylic acids is 1. The van der Waals surface area contributed by atoms with Crippen molar-refractivity contribution in [3.8, 4) is 0 Å². The normalized spacial score (nSPS) is 30.2. The minimum absolute atomic E-state index is 0.0812. The zero-order chi connectivity index (χ0) is 14.5. The average molecular weight is 300 g/mol. The summed E-state index contributed by atoms with van der Waals surface area (Å²) in [4.78, 5) is 24.8. The van der Waals surface area contributed by atoms with E-state index in [1.54, 1.807) is 4.90 Å². The molecule has 2 amide bonds. The number of rotatable bonds is 4. The fraction of sp³-hybridized carbons (Fsp3) is 0.857. The fourth-order valence-corrected chi connectivity index (χ4v) is 4.27. The van der Waals surface area contributed by atoms with E-state index in [2.05, 4.69) is 12.2 Å². The van der Waals surface area contributed by atoms with E-state index in [9.17, 15) is 9.59 Å². The van der Waals surface area contributed by atoms with Crippen LogP contribution in [0.3, 0.4) is 0 Å². The van der Waals surface area contributed by atoms with Crippen molar-refractivity contribution in [3.63, 3.8) is 0 Å². The Morgan fingerprint density at radius 1 is 1.30 bits per heavy atom. The number of carbonyl (C=O) groups excluding carboxylic acids is 1. The Balaban J connectivity index is 1.85. The molecular formula is C14H24N2O3S. The van der Waals surface area contributed by atoms with Gasteiger partial charge in [0.2, 0.25) is 0 Å². The summed E-state index contributed by atoms with van der Waals surface area (Å²) in [6.45, 7) is 3.05. The SMILES string of the molecule is CCSC1CCCCC1NC(=O)N1CCC(C(=O)O)C1. The molecule has 0 radical (unpaired) electrons. The lowest BCUT2D eigenvalue weighted by atomic mass is 9.95. The highest BCUT2D eigenvalue weighted by Crippen LogP contribution is 2.29. The lowest BCUT2D eigenvalue weighted by molar-refractivity contribution is -0.141. The summed E-state index contributed by atoms with van der Waals surface area (Å²) in [5.41, 5.74) is 0. The number of nitrogens with one attached hydrogen (secondary N) is 1. The smallest absolute Gasteiger partial charge is 0.317 e. The first kappa shape index (κ1) is 15.5. The number of urea groups is 1. The number of carbonyl (C=O) groups is 2. The summed E-state index contributed by atoms with van der Waals surface area (Å²) in [5.74, 6) is -0.118. The highest BCUT2D eigenvalue weighted by atomic mass is 32.2. The molecule has 3 unspecified atom stereocenters. The van der Waals surface area contributed by atoms with Gasteiger partial charge in [-0.15, -0.1) is 0 Å². The highest BCUT2D eigenvalue weighted by molar-refractivity contribution is 7.99. The number of carboxylic acid groups (broad SMARTS) is 1. The second-order valence-electron chi connectivity index (χ2n) is 5.60.